The monoisotopic (exact) mass is 349 g/mol. The SMILES string of the molecule is Cc1cccc(CNC(=O)c2nnn(C3CCNCC3)c2C)c1.Cl. The molecule has 0 unspecified atom stereocenters. The first kappa shape index (κ1) is 18.4. The van der Waals surface area contributed by atoms with E-state index in [1.807, 2.05) is 36.7 Å². The standard InChI is InChI=1S/C17H23N5O.ClH/c1-12-4-3-5-14(10-12)11-19-17(23)16-13(2)22(21-20-16)15-6-8-18-9-7-15;/h3-5,10,15,18H,6-9,11H2,1-2H3,(H,19,23);1H. The van der Waals surface area contributed by atoms with Gasteiger partial charge in [0.1, 0.15) is 0 Å². The lowest BCUT2D eigenvalue weighted by atomic mass is 10.1. The molecule has 3 rings (SSSR count). The van der Waals surface area contributed by atoms with Gasteiger partial charge in [0, 0.05) is 6.54 Å². The highest BCUT2D eigenvalue weighted by Gasteiger charge is 2.22. The summed E-state index contributed by atoms with van der Waals surface area (Å²) in [6, 6.07) is 8.45. The van der Waals surface area contributed by atoms with E-state index in [1.54, 1.807) is 0 Å². The fourth-order valence-corrected chi connectivity index (χ4v) is 3.04. The van der Waals surface area contributed by atoms with Gasteiger partial charge in [-0.3, -0.25) is 4.79 Å². The number of hydrogen-bond acceptors (Lipinski definition) is 4. The van der Waals surface area contributed by atoms with E-state index in [2.05, 4.69) is 27.0 Å². The second-order valence-corrected chi connectivity index (χ2v) is 6.12. The third-order valence-electron chi connectivity index (χ3n) is 4.33. The van der Waals surface area contributed by atoms with Crippen LogP contribution < -0.4 is 10.6 Å². The second-order valence-electron chi connectivity index (χ2n) is 6.12. The molecule has 1 aliphatic heterocycles. The van der Waals surface area contributed by atoms with Crippen molar-refractivity contribution in [3.05, 3.63) is 46.8 Å². The van der Waals surface area contributed by atoms with Crippen molar-refractivity contribution in [3.63, 3.8) is 0 Å². The Morgan fingerprint density at radius 2 is 2.08 bits per heavy atom. The fraction of sp³-hybridized carbons (Fsp3) is 0.471. The molecule has 1 aliphatic rings. The van der Waals surface area contributed by atoms with E-state index in [0.29, 0.717) is 18.3 Å². The Balaban J connectivity index is 0.00000208. The van der Waals surface area contributed by atoms with Crippen LogP contribution in [0.4, 0.5) is 0 Å². The molecule has 0 aliphatic carbocycles. The Morgan fingerprint density at radius 3 is 2.79 bits per heavy atom. The Morgan fingerprint density at radius 1 is 1.33 bits per heavy atom. The van der Waals surface area contributed by atoms with Crippen molar-refractivity contribution >= 4 is 18.3 Å². The summed E-state index contributed by atoms with van der Waals surface area (Å²) in [4.78, 5) is 12.4. The van der Waals surface area contributed by atoms with E-state index in [0.717, 1.165) is 37.2 Å². The Kier molecular flexibility index (Phi) is 6.34. The van der Waals surface area contributed by atoms with Crippen LogP contribution in [0.15, 0.2) is 24.3 Å². The summed E-state index contributed by atoms with van der Waals surface area (Å²) >= 11 is 0. The number of aryl methyl sites for hydroxylation is 1. The zero-order chi connectivity index (χ0) is 16.2. The number of amides is 1. The lowest BCUT2D eigenvalue weighted by Gasteiger charge is -2.23. The number of halogens is 1. The summed E-state index contributed by atoms with van der Waals surface area (Å²) in [5.74, 6) is -0.163. The molecule has 1 amide bonds. The molecule has 2 aromatic rings. The van der Waals surface area contributed by atoms with Gasteiger partial charge in [-0.2, -0.15) is 0 Å². The quantitative estimate of drug-likeness (QED) is 0.887. The predicted molar refractivity (Wildman–Crippen MR) is 95.5 cm³/mol. The Labute approximate surface area is 148 Å². The average Bonchev–Trinajstić information content (AvgIpc) is 2.95. The highest BCUT2D eigenvalue weighted by atomic mass is 35.5. The van der Waals surface area contributed by atoms with Crippen molar-refractivity contribution in [2.75, 3.05) is 13.1 Å². The first-order valence-electron chi connectivity index (χ1n) is 8.11. The van der Waals surface area contributed by atoms with E-state index in [1.165, 1.54) is 5.56 Å². The van der Waals surface area contributed by atoms with Gasteiger partial charge in [0.25, 0.3) is 5.91 Å². The summed E-state index contributed by atoms with van der Waals surface area (Å²) < 4.78 is 1.91. The van der Waals surface area contributed by atoms with E-state index in [9.17, 15) is 4.79 Å². The number of nitrogens with one attached hydrogen (secondary N) is 2. The number of hydrogen-bond donors (Lipinski definition) is 2. The molecule has 7 heteroatoms. The summed E-state index contributed by atoms with van der Waals surface area (Å²) in [6.45, 7) is 6.43. The smallest absolute Gasteiger partial charge is 0.274 e. The van der Waals surface area contributed by atoms with E-state index in [4.69, 9.17) is 0 Å². The Hall–Kier alpha value is -1.92. The molecular weight excluding hydrogens is 326 g/mol. The van der Waals surface area contributed by atoms with E-state index in [-0.39, 0.29) is 18.3 Å². The number of carbonyl (C=O) groups excluding carboxylic acids is 1. The maximum atomic E-state index is 12.4. The van der Waals surface area contributed by atoms with Gasteiger partial charge in [-0.15, -0.1) is 17.5 Å². The molecule has 1 aromatic carbocycles. The van der Waals surface area contributed by atoms with Crippen molar-refractivity contribution in [1.82, 2.24) is 25.6 Å². The minimum Gasteiger partial charge on any atom is -0.347 e. The molecular formula is C17H24ClN5O. The third-order valence-corrected chi connectivity index (χ3v) is 4.33. The fourth-order valence-electron chi connectivity index (χ4n) is 3.04. The number of carbonyl (C=O) groups is 1. The zero-order valence-corrected chi connectivity index (χ0v) is 14.9. The highest BCUT2D eigenvalue weighted by Crippen LogP contribution is 2.20. The molecule has 2 N–H and O–H groups in total. The number of benzene rings is 1. The molecule has 0 radical (unpaired) electrons. The average molecular weight is 350 g/mol. The molecule has 0 bridgehead atoms. The van der Waals surface area contributed by atoms with Gasteiger partial charge < -0.3 is 10.6 Å². The van der Waals surface area contributed by atoms with Gasteiger partial charge in [-0.1, -0.05) is 35.0 Å². The molecule has 0 spiro atoms. The van der Waals surface area contributed by atoms with Crippen molar-refractivity contribution in [1.29, 1.82) is 0 Å². The molecule has 0 saturated carbocycles. The number of piperidine rings is 1. The van der Waals surface area contributed by atoms with Crippen LogP contribution in [0.1, 0.15) is 46.2 Å². The number of rotatable bonds is 4. The third kappa shape index (κ3) is 4.13. The van der Waals surface area contributed by atoms with Crippen molar-refractivity contribution in [2.45, 2.75) is 39.3 Å². The van der Waals surface area contributed by atoms with Gasteiger partial charge in [-0.05, 0) is 45.3 Å². The van der Waals surface area contributed by atoms with Gasteiger partial charge in [-0.25, -0.2) is 4.68 Å². The van der Waals surface area contributed by atoms with Crippen LogP contribution >= 0.6 is 12.4 Å². The molecule has 24 heavy (non-hydrogen) atoms. The summed E-state index contributed by atoms with van der Waals surface area (Å²) in [7, 11) is 0. The van der Waals surface area contributed by atoms with Gasteiger partial charge in [0.15, 0.2) is 5.69 Å². The maximum Gasteiger partial charge on any atom is 0.274 e. The van der Waals surface area contributed by atoms with Crippen LogP contribution in [0.25, 0.3) is 0 Å². The van der Waals surface area contributed by atoms with Crippen LogP contribution in [0.3, 0.4) is 0 Å². The Bertz CT molecular complexity index is 694. The first-order valence-corrected chi connectivity index (χ1v) is 8.11. The van der Waals surface area contributed by atoms with Crippen LogP contribution in [0.2, 0.25) is 0 Å². The number of nitrogens with zero attached hydrogens (tertiary/aromatic N) is 3. The van der Waals surface area contributed by atoms with Gasteiger partial charge in [0.05, 0.1) is 11.7 Å². The minimum absolute atomic E-state index is 0. The van der Waals surface area contributed by atoms with Gasteiger partial charge in [0.2, 0.25) is 0 Å². The first-order chi connectivity index (χ1) is 11.1. The normalized spacial score (nSPS) is 14.9. The minimum atomic E-state index is -0.163. The molecule has 1 aromatic heterocycles. The molecule has 1 fully saturated rings. The predicted octanol–water partition coefficient (Wildman–Crippen LogP) is 2.17. The molecule has 130 valence electrons. The van der Waals surface area contributed by atoms with Crippen LogP contribution in [0, 0.1) is 13.8 Å². The summed E-state index contributed by atoms with van der Waals surface area (Å²) in [6.07, 6.45) is 2.04. The van der Waals surface area contributed by atoms with Crippen LogP contribution in [-0.4, -0.2) is 34.0 Å². The largest absolute Gasteiger partial charge is 0.347 e. The molecule has 0 atom stereocenters. The lowest BCUT2D eigenvalue weighted by molar-refractivity contribution is 0.0945. The van der Waals surface area contributed by atoms with E-state index < -0.39 is 0 Å². The molecule has 6 nitrogen and oxygen atoms in total. The second kappa shape index (κ2) is 8.26. The molecule has 2 heterocycles. The zero-order valence-electron chi connectivity index (χ0n) is 14.1. The van der Waals surface area contributed by atoms with Crippen molar-refractivity contribution in [3.8, 4) is 0 Å². The number of aromatic nitrogens is 3. The summed E-state index contributed by atoms with van der Waals surface area (Å²) in [5.41, 5.74) is 3.54. The maximum absolute atomic E-state index is 12.4. The van der Waals surface area contributed by atoms with Gasteiger partial charge >= 0.3 is 0 Å². The van der Waals surface area contributed by atoms with E-state index >= 15 is 0 Å². The highest BCUT2D eigenvalue weighted by molar-refractivity contribution is 5.93. The topological polar surface area (TPSA) is 71.8 Å². The van der Waals surface area contributed by atoms with Crippen molar-refractivity contribution in [2.24, 2.45) is 0 Å². The molecule has 1 saturated heterocycles. The van der Waals surface area contributed by atoms with Crippen LogP contribution in [0.5, 0.6) is 0 Å². The van der Waals surface area contributed by atoms with Crippen LogP contribution in [-0.2, 0) is 6.54 Å². The van der Waals surface area contributed by atoms with Crippen molar-refractivity contribution < 1.29 is 4.79 Å². The summed E-state index contributed by atoms with van der Waals surface area (Å²) in [5, 5.41) is 14.6. The lowest BCUT2D eigenvalue weighted by Crippen LogP contribution is -2.30.